The molecule has 0 atom stereocenters. The Morgan fingerprint density at radius 1 is 1.29 bits per heavy atom. The molecule has 31 heavy (non-hydrogen) atoms. The van der Waals surface area contributed by atoms with Crippen LogP contribution in [0, 0.1) is 5.92 Å². The number of nitrogens with zero attached hydrogens (tertiary/aromatic N) is 1. The predicted molar refractivity (Wildman–Crippen MR) is 114 cm³/mol. The van der Waals surface area contributed by atoms with Gasteiger partial charge in [0.25, 0.3) is 5.91 Å². The number of rotatable bonds is 7. The van der Waals surface area contributed by atoms with Gasteiger partial charge in [0.05, 0.1) is 0 Å². The van der Waals surface area contributed by atoms with E-state index in [1.807, 2.05) is 35.6 Å². The minimum Gasteiger partial charge on any atom is -0.398 e. The van der Waals surface area contributed by atoms with E-state index in [0.29, 0.717) is 42.4 Å². The van der Waals surface area contributed by atoms with E-state index in [1.165, 1.54) is 0 Å². The third-order valence-electron chi connectivity index (χ3n) is 5.27. The molecule has 1 aliphatic rings. The number of aromatic amines is 1. The lowest BCUT2D eigenvalue weighted by atomic mass is 9.91. The number of nitrogens with two attached hydrogens (primary N) is 1. The number of carbonyl (C=O) groups excluding carboxylic acids is 1. The molecule has 1 saturated heterocycles. The van der Waals surface area contributed by atoms with Crippen molar-refractivity contribution in [1.29, 1.82) is 0 Å². The third-order valence-corrected chi connectivity index (χ3v) is 6.01. The Morgan fingerprint density at radius 3 is 2.55 bits per heavy atom. The molecule has 0 unspecified atom stereocenters. The SMILES string of the molecule is CSc1ccc(/C(N)=C(\CCC2CCOCC2)C(=O)Nc2cc(C(F)(F)F)[nH]n2)cc1. The fraction of sp³-hybridized carbons (Fsp3) is 0.429. The zero-order valence-electron chi connectivity index (χ0n) is 17.1. The fourth-order valence-electron chi connectivity index (χ4n) is 3.42. The molecular formula is C21H25F3N4O2S. The number of H-pyrrole nitrogens is 1. The quantitative estimate of drug-likeness (QED) is 0.418. The summed E-state index contributed by atoms with van der Waals surface area (Å²) in [6.45, 7) is 1.38. The first-order valence-electron chi connectivity index (χ1n) is 9.92. The van der Waals surface area contributed by atoms with Gasteiger partial charge in [-0.05, 0) is 55.6 Å². The Hall–Kier alpha value is -2.46. The van der Waals surface area contributed by atoms with Crippen LogP contribution in [0.25, 0.3) is 5.70 Å². The first kappa shape index (κ1) is 23.2. The van der Waals surface area contributed by atoms with Crippen molar-refractivity contribution in [2.45, 2.75) is 36.8 Å². The van der Waals surface area contributed by atoms with E-state index < -0.39 is 17.8 Å². The molecule has 0 radical (unpaired) electrons. The largest absolute Gasteiger partial charge is 0.432 e. The zero-order chi connectivity index (χ0) is 22.4. The van der Waals surface area contributed by atoms with E-state index in [2.05, 4.69) is 10.4 Å². The van der Waals surface area contributed by atoms with Crippen LogP contribution in [0.4, 0.5) is 19.0 Å². The van der Waals surface area contributed by atoms with Crippen molar-refractivity contribution in [2.75, 3.05) is 24.8 Å². The Bertz CT molecular complexity index is 919. The summed E-state index contributed by atoms with van der Waals surface area (Å²) < 4.78 is 43.8. The Morgan fingerprint density at radius 2 is 1.97 bits per heavy atom. The molecule has 3 rings (SSSR count). The summed E-state index contributed by atoms with van der Waals surface area (Å²) in [5, 5.41) is 7.89. The monoisotopic (exact) mass is 454 g/mol. The van der Waals surface area contributed by atoms with Crippen molar-refractivity contribution in [2.24, 2.45) is 11.7 Å². The lowest BCUT2D eigenvalue weighted by Gasteiger charge is -2.22. The number of halogens is 3. The maximum Gasteiger partial charge on any atom is 0.432 e. The highest BCUT2D eigenvalue weighted by atomic mass is 32.2. The van der Waals surface area contributed by atoms with E-state index in [0.717, 1.165) is 30.2 Å². The molecule has 2 aromatic rings. The van der Waals surface area contributed by atoms with Crippen molar-refractivity contribution in [1.82, 2.24) is 10.2 Å². The predicted octanol–water partition coefficient (Wildman–Crippen LogP) is 4.67. The first-order valence-corrected chi connectivity index (χ1v) is 11.1. The number of amides is 1. The van der Waals surface area contributed by atoms with Crippen molar-refractivity contribution in [3.05, 3.63) is 47.2 Å². The van der Waals surface area contributed by atoms with Gasteiger partial charge >= 0.3 is 6.18 Å². The lowest BCUT2D eigenvalue weighted by Crippen LogP contribution is -2.21. The zero-order valence-corrected chi connectivity index (χ0v) is 17.9. The highest BCUT2D eigenvalue weighted by Crippen LogP contribution is 2.30. The number of thioether (sulfide) groups is 1. The van der Waals surface area contributed by atoms with Gasteiger partial charge in [0.15, 0.2) is 5.82 Å². The molecule has 0 bridgehead atoms. The van der Waals surface area contributed by atoms with Crippen LogP contribution in [-0.4, -0.2) is 35.6 Å². The molecule has 2 heterocycles. The summed E-state index contributed by atoms with van der Waals surface area (Å²) in [6.07, 6.45) is 0.347. The van der Waals surface area contributed by atoms with Gasteiger partial charge in [-0.3, -0.25) is 9.89 Å². The van der Waals surface area contributed by atoms with Crippen LogP contribution in [-0.2, 0) is 15.7 Å². The van der Waals surface area contributed by atoms with E-state index in [9.17, 15) is 18.0 Å². The molecular weight excluding hydrogens is 429 g/mol. The number of anilines is 1. The smallest absolute Gasteiger partial charge is 0.398 e. The molecule has 6 nitrogen and oxygen atoms in total. The summed E-state index contributed by atoms with van der Waals surface area (Å²) in [5.74, 6) is -0.351. The van der Waals surface area contributed by atoms with Gasteiger partial charge in [0.1, 0.15) is 5.69 Å². The number of hydrogen-bond donors (Lipinski definition) is 3. The Labute approximate surface area is 182 Å². The van der Waals surface area contributed by atoms with Gasteiger partial charge in [-0.15, -0.1) is 11.8 Å². The van der Waals surface area contributed by atoms with E-state index in [1.54, 1.807) is 11.8 Å². The van der Waals surface area contributed by atoms with Crippen molar-refractivity contribution >= 4 is 29.2 Å². The summed E-state index contributed by atoms with van der Waals surface area (Å²) in [4.78, 5) is 14.0. The molecule has 10 heteroatoms. The van der Waals surface area contributed by atoms with Crippen molar-refractivity contribution in [3.8, 4) is 0 Å². The molecule has 1 aliphatic heterocycles. The summed E-state index contributed by atoms with van der Waals surface area (Å²) in [7, 11) is 0. The number of carbonyl (C=O) groups is 1. The normalized spacial score (nSPS) is 16.1. The standard InChI is InChI=1S/C21H25F3N4O2S/c1-31-15-5-3-14(4-6-15)19(25)16(7-2-13-8-10-30-11-9-13)20(29)26-18-12-17(27-28-18)21(22,23)24/h3-6,12-13H,2,7-11,25H2,1H3,(H2,26,27,28,29)/b19-16-. The second-order valence-electron chi connectivity index (χ2n) is 7.33. The molecule has 168 valence electrons. The number of alkyl halides is 3. The number of nitrogens with one attached hydrogen (secondary N) is 2. The number of hydrogen-bond acceptors (Lipinski definition) is 5. The Balaban J connectivity index is 1.82. The second kappa shape index (κ2) is 10.2. The van der Waals surface area contributed by atoms with Crippen LogP contribution in [0.5, 0.6) is 0 Å². The molecule has 1 fully saturated rings. The fourth-order valence-corrected chi connectivity index (χ4v) is 3.83. The van der Waals surface area contributed by atoms with E-state index in [4.69, 9.17) is 10.5 Å². The highest BCUT2D eigenvalue weighted by molar-refractivity contribution is 7.98. The number of ether oxygens (including phenoxy) is 1. The molecule has 0 aliphatic carbocycles. The Kier molecular flexibility index (Phi) is 7.66. The third kappa shape index (κ3) is 6.27. The minimum absolute atomic E-state index is 0.202. The van der Waals surface area contributed by atoms with Crippen LogP contribution < -0.4 is 11.1 Å². The molecule has 4 N–H and O–H groups in total. The van der Waals surface area contributed by atoms with Gasteiger partial charge in [-0.25, -0.2) is 0 Å². The van der Waals surface area contributed by atoms with Gasteiger partial charge < -0.3 is 15.8 Å². The summed E-state index contributed by atoms with van der Waals surface area (Å²) in [6, 6.07) is 8.24. The van der Waals surface area contributed by atoms with Crippen molar-refractivity contribution in [3.63, 3.8) is 0 Å². The minimum atomic E-state index is -4.57. The van der Waals surface area contributed by atoms with Crippen molar-refractivity contribution < 1.29 is 22.7 Å². The molecule has 1 aromatic heterocycles. The van der Waals surface area contributed by atoms with E-state index >= 15 is 0 Å². The molecule has 1 amide bonds. The van der Waals surface area contributed by atoms with Crippen LogP contribution in [0.2, 0.25) is 0 Å². The van der Waals surface area contributed by atoms with Crippen LogP contribution in [0.1, 0.15) is 36.9 Å². The topological polar surface area (TPSA) is 93.0 Å². The average Bonchev–Trinajstić information content (AvgIpc) is 3.23. The van der Waals surface area contributed by atoms with Gasteiger partial charge in [-0.1, -0.05) is 12.1 Å². The average molecular weight is 455 g/mol. The van der Waals surface area contributed by atoms with E-state index in [-0.39, 0.29) is 5.82 Å². The lowest BCUT2D eigenvalue weighted by molar-refractivity contribution is -0.141. The van der Waals surface area contributed by atoms with Crippen LogP contribution in [0.3, 0.4) is 0 Å². The summed E-state index contributed by atoms with van der Waals surface area (Å²) in [5.41, 5.74) is 6.65. The molecule has 0 spiro atoms. The summed E-state index contributed by atoms with van der Waals surface area (Å²) >= 11 is 1.59. The van der Waals surface area contributed by atoms with Crippen LogP contribution >= 0.6 is 11.8 Å². The number of benzene rings is 1. The molecule has 1 aromatic carbocycles. The van der Waals surface area contributed by atoms with Gasteiger partial charge in [-0.2, -0.15) is 18.3 Å². The van der Waals surface area contributed by atoms with Gasteiger partial charge in [0, 0.05) is 35.4 Å². The van der Waals surface area contributed by atoms with Gasteiger partial charge in [0.2, 0.25) is 0 Å². The van der Waals surface area contributed by atoms with Crippen LogP contribution in [0.15, 0.2) is 40.8 Å². The second-order valence-corrected chi connectivity index (χ2v) is 8.21. The number of aromatic nitrogens is 2. The molecule has 0 saturated carbocycles. The highest BCUT2D eigenvalue weighted by Gasteiger charge is 2.33. The maximum absolute atomic E-state index is 13.0. The maximum atomic E-state index is 13.0. The first-order chi connectivity index (χ1) is 14.8.